The normalized spacial score (nSPS) is 18.9. The maximum atomic E-state index is 14.1. The minimum Gasteiger partial charge on any atom is -0.488 e. The number of aryl methyl sites for hydroxylation is 1. The molecule has 3 aromatic rings. The van der Waals surface area contributed by atoms with Gasteiger partial charge in [0.1, 0.15) is 33.4 Å². The van der Waals surface area contributed by atoms with E-state index in [1.54, 1.807) is 20.0 Å². The zero-order valence-electron chi connectivity index (χ0n) is 18.9. The van der Waals surface area contributed by atoms with Crippen LogP contribution >= 0.6 is 11.3 Å². The SMILES string of the molecule is Cc1c(C(=O)O)sc2ncnc(Nc3ccc(F)cc3OC3CCC(N(C)S(C)(=O)=O)CC3)c12. The molecule has 1 saturated carbocycles. The number of sulfonamides is 1. The third-order valence-electron chi connectivity index (χ3n) is 6.09. The van der Waals surface area contributed by atoms with Crippen LogP contribution in [0.1, 0.15) is 40.9 Å². The van der Waals surface area contributed by atoms with Crippen molar-refractivity contribution in [3.8, 4) is 5.75 Å². The van der Waals surface area contributed by atoms with Gasteiger partial charge in [0, 0.05) is 19.2 Å². The Hall–Kier alpha value is -2.83. The lowest BCUT2D eigenvalue weighted by molar-refractivity contribution is 0.0701. The van der Waals surface area contributed by atoms with E-state index in [1.165, 1.54) is 29.0 Å². The second-order valence-corrected chi connectivity index (χ2v) is 11.4. The molecule has 0 radical (unpaired) electrons. The third-order valence-corrected chi connectivity index (χ3v) is 8.62. The lowest BCUT2D eigenvalue weighted by atomic mass is 9.93. The predicted octanol–water partition coefficient (Wildman–Crippen LogP) is 4.16. The Balaban J connectivity index is 1.56. The number of hydrogen-bond acceptors (Lipinski definition) is 8. The Morgan fingerprint density at radius 3 is 2.62 bits per heavy atom. The Kier molecular flexibility index (Phi) is 6.74. The summed E-state index contributed by atoms with van der Waals surface area (Å²) < 4.78 is 45.2. The van der Waals surface area contributed by atoms with Crippen molar-refractivity contribution in [1.82, 2.24) is 14.3 Å². The second-order valence-electron chi connectivity index (χ2n) is 8.36. The first-order valence-electron chi connectivity index (χ1n) is 10.7. The molecule has 0 unspecified atom stereocenters. The molecule has 2 heterocycles. The van der Waals surface area contributed by atoms with Crippen LogP contribution in [-0.4, -0.2) is 59.2 Å². The number of aromatic nitrogens is 2. The zero-order valence-corrected chi connectivity index (χ0v) is 20.5. The van der Waals surface area contributed by atoms with Crippen molar-refractivity contribution in [2.45, 2.75) is 44.8 Å². The van der Waals surface area contributed by atoms with Crippen LogP contribution in [0.3, 0.4) is 0 Å². The molecule has 0 amide bonds. The van der Waals surface area contributed by atoms with Gasteiger partial charge in [-0.05, 0) is 50.3 Å². The maximum Gasteiger partial charge on any atom is 0.346 e. The first-order chi connectivity index (χ1) is 16.0. The molecule has 0 spiro atoms. The van der Waals surface area contributed by atoms with Gasteiger partial charge in [-0.25, -0.2) is 31.9 Å². The number of anilines is 2. The summed E-state index contributed by atoms with van der Waals surface area (Å²) in [5.41, 5.74) is 1.03. The van der Waals surface area contributed by atoms with E-state index in [2.05, 4.69) is 15.3 Å². The number of fused-ring (bicyclic) bond motifs is 1. The molecule has 2 aromatic heterocycles. The molecular formula is C22H25FN4O5S2. The van der Waals surface area contributed by atoms with Crippen molar-refractivity contribution in [3.63, 3.8) is 0 Å². The monoisotopic (exact) mass is 508 g/mol. The maximum absolute atomic E-state index is 14.1. The summed E-state index contributed by atoms with van der Waals surface area (Å²) in [6, 6.07) is 4.05. The van der Waals surface area contributed by atoms with Crippen molar-refractivity contribution >= 4 is 49.1 Å². The molecule has 182 valence electrons. The van der Waals surface area contributed by atoms with Gasteiger partial charge in [-0.1, -0.05) is 0 Å². The molecule has 1 aliphatic carbocycles. The van der Waals surface area contributed by atoms with Crippen LogP contribution in [0.15, 0.2) is 24.5 Å². The number of rotatable bonds is 7. The molecule has 1 aliphatic rings. The number of benzene rings is 1. The zero-order chi connectivity index (χ0) is 24.6. The van der Waals surface area contributed by atoms with Crippen molar-refractivity contribution in [2.75, 3.05) is 18.6 Å². The molecule has 1 aromatic carbocycles. The van der Waals surface area contributed by atoms with Crippen molar-refractivity contribution in [2.24, 2.45) is 0 Å². The number of nitrogens with one attached hydrogen (secondary N) is 1. The molecule has 2 N–H and O–H groups in total. The van der Waals surface area contributed by atoms with Crippen LogP contribution in [0.25, 0.3) is 10.2 Å². The van der Waals surface area contributed by atoms with Gasteiger partial charge < -0.3 is 15.2 Å². The summed E-state index contributed by atoms with van der Waals surface area (Å²) in [6.07, 6.45) is 4.89. The van der Waals surface area contributed by atoms with Gasteiger partial charge in [0.15, 0.2) is 0 Å². The topological polar surface area (TPSA) is 122 Å². The quantitative estimate of drug-likeness (QED) is 0.488. The minimum absolute atomic E-state index is 0.0840. The molecule has 4 rings (SSSR count). The van der Waals surface area contributed by atoms with E-state index in [9.17, 15) is 22.7 Å². The lowest BCUT2D eigenvalue weighted by Gasteiger charge is -2.33. The fourth-order valence-electron chi connectivity index (χ4n) is 4.17. The van der Waals surface area contributed by atoms with E-state index in [-0.39, 0.29) is 17.0 Å². The fraction of sp³-hybridized carbons (Fsp3) is 0.409. The van der Waals surface area contributed by atoms with E-state index in [1.807, 2.05) is 0 Å². The highest BCUT2D eigenvalue weighted by atomic mass is 32.2. The number of aromatic carboxylic acids is 1. The van der Waals surface area contributed by atoms with Crippen LogP contribution < -0.4 is 10.1 Å². The number of carboxylic acids is 1. The smallest absolute Gasteiger partial charge is 0.346 e. The predicted molar refractivity (Wildman–Crippen MR) is 128 cm³/mol. The summed E-state index contributed by atoms with van der Waals surface area (Å²) in [5, 5.41) is 13.2. The number of nitrogens with zero attached hydrogens (tertiary/aromatic N) is 3. The number of halogens is 1. The molecule has 0 bridgehead atoms. The fourth-order valence-corrected chi connectivity index (χ4v) is 5.91. The first kappa shape index (κ1) is 24.3. The van der Waals surface area contributed by atoms with E-state index in [4.69, 9.17) is 4.74 Å². The highest BCUT2D eigenvalue weighted by Gasteiger charge is 2.29. The van der Waals surface area contributed by atoms with Gasteiger partial charge in [0.2, 0.25) is 10.0 Å². The van der Waals surface area contributed by atoms with Gasteiger partial charge >= 0.3 is 5.97 Å². The van der Waals surface area contributed by atoms with Crippen molar-refractivity contribution in [1.29, 1.82) is 0 Å². The average molecular weight is 509 g/mol. The van der Waals surface area contributed by atoms with Gasteiger partial charge in [0.25, 0.3) is 0 Å². The second kappa shape index (κ2) is 9.43. The highest BCUT2D eigenvalue weighted by molar-refractivity contribution is 7.88. The molecule has 1 fully saturated rings. The summed E-state index contributed by atoms with van der Waals surface area (Å²) in [5.74, 6) is -0.785. The average Bonchev–Trinajstić information content (AvgIpc) is 3.13. The molecular weight excluding hydrogens is 483 g/mol. The summed E-state index contributed by atoms with van der Waals surface area (Å²) in [7, 11) is -1.68. The highest BCUT2D eigenvalue weighted by Crippen LogP contribution is 2.37. The third kappa shape index (κ3) is 4.98. The number of ether oxygens (including phenoxy) is 1. The van der Waals surface area contributed by atoms with Crippen LogP contribution in [0.2, 0.25) is 0 Å². The Morgan fingerprint density at radius 1 is 1.26 bits per heavy atom. The molecule has 34 heavy (non-hydrogen) atoms. The van der Waals surface area contributed by atoms with Gasteiger partial charge in [0.05, 0.1) is 23.4 Å². The largest absolute Gasteiger partial charge is 0.488 e. The van der Waals surface area contributed by atoms with E-state index in [0.717, 1.165) is 11.3 Å². The van der Waals surface area contributed by atoms with E-state index >= 15 is 0 Å². The minimum atomic E-state index is -3.27. The summed E-state index contributed by atoms with van der Waals surface area (Å²) >= 11 is 1.07. The molecule has 0 saturated heterocycles. The number of thiophene rings is 1. The van der Waals surface area contributed by atoms with Crippen molar-refractivity contribution in [3.05, 3.63) is 40.8 Å². The Bertz CT molecular complexity index is 1340. The standard InChI is InChI=1S/C22H25FN4O5S2/c1-12-18-20(24-11-25-21(18)33-19(12)22(28)29)26-16-9-4-13(23)10-17(16)32-15-7-5-14(6-8-15)27(2)34(3,30)31/h4,9-11,14-15H,5-8H2,1-3H3,(H,28,29)(H,24,25,26). The summed E-state index contributed by atoms with van der Waals surface area (Å²) in [4.78, 5) is 20.7. The number of hydrogen-bond donors (Lipinski definition) is 2. The van der Waals surface area contributed by atoms with Gasteiger partial charge in [-0.2, -0.15) is 0 Å². The van der Waals surface area contributed by atoms with E-state index in [0.29, 0.717) is 58.7 Å². The van der Waals surface area contributed by atoms with Crippen LogP contribution in [0.4, 0.5) is 15.9 Å². The Labute approximate surface area is 200 Å². The van der Waals surface area contributed by atoms with Crippen LogP contribution in [0, 0.1) is 12.7 Å². The molecule has 9 nitrogen and oxygen atoms in total. The summed E-state index contributed by atoms with van der Waals surface area (Å²) in [6.45, 7) is 1.70. The molecule has 0 atom stereocenters. The van der Waals surface area contributed by atoms with Gasteiger partial charge in [-0.3, -0.25) is 0 Å². The van der Waals surface area contributed by atoms with E-state index < -0.39 is 21.8 Å². The lowest BCUT2D eigenvalue weighted by Crippen LogP contribution is -2.40. The van der Waals surface area contributed by atoms with Gasteiger partial charge in [-0.15, -0.1) is 11.3 Å². The number of carboxylic acid groups (broad SMARTS) is 1. The molecule has 12 heteroatoms. The van der Waals surface area contributed by atoms with Crippen LogP contribution in [-0.2, 0) is 10.0 Å². The van der Waals surface area contributed by atoms with Crippen molar-refractivity contribution < 1.29 is 27.4 Å². The molecule has 0 aliphatic heterocycles. The number of carbonyl (C=O) groups is 1. The Morgan fingerprint density at radius 2 is 1.97 bits per heavy atom. The first-order valence-corrected chi connectivity index (χ1v) is 13.3. The van der Waals surface area contributed by atoms with Crippen LogP contribution in [0.5, 0.6) is 5.75 Å².